The van der Waals surface area contributed by atoms with Gasteiger partial charge in [-0.2, -0.15) is 0 Å². The molecule has 0 heterocycles. The first-order valence-corrected chi connectivity index (χ1v) is 10.9. The lowest BCUT2D eigenvalue weighted by atomic mass is 10.1. The quantitative estimate of drug-likeness (QED) is 0.436. The number of carbonyl (C=O) groups excluding carboxylic acids is 2. The van der Waals surface area contributed by atoms with Crippen molar-refractivity contribution < 1.29 is 14.3 Å². The molecule has 0 aromatic heterocycles. The molecule has 160 valence electrons. The Balaban J connectivity index is 1.68. The van der Waals surface area contributed by atoms with Crippen molar-refractivity contribution in [2.75, 3.05) is 5.32 Å². The maximum absolute atomic E-state index is 12.7. The van der Waals surface area contributed by atoms with Gasteiger partial charge in [0.25, 0.3) is 11.8 Å². The highest BCUT2D eigenvalue weighted by Crippen LogP contribution is 2.27. The number of hydrogen-bond acceptors (Lipinski definition) is 3. The van der Waals surface area contributed by atoms with E-state index >= 15 is 0 Å². The highest BCUT2D eigenvalue weighted by Gasteiger charge is 2.14. The van der Waals surface area contributed by atoms with Gasteiger partial charge in [0.15, 0.2) is 0 Å². The van der Waals surface area contributed by atoms with Crippen LogP contribution in [-0.4, -0.2) is 17.9 Å². The largest absolute Gasteiger partial charge is 0.490 e. The average Bonchev–Trinajstić information content (AvgIpc) is 2.75. The molecule has 2 amide bonds. The average molecular weight is 481 g/mol. The number of hydrogen-bond donors (Lipinski definition) is 2. The Morgan fingerprint density at radius 1 is 0.839 bits per heavy atom. The summed E-state index contributed by atoms with van der Waals surface area (Å²) < 4.78 is 6.39. The third-order valence-electron chi connectivity index (χ3n) is 4.59. The third-order valence-corrected chi connectivity index (χ3v) is 5.21. The molecule has 0 aliphatic rings. The van der Waals surface area contributed by atoms with Crippen LogP contribution in [-0.2, 0) is 0 Å². The summed E-state index contributed by atoms with van der Waals surface area (Å²) in [4.78, 5) is 25.3. The molecule has 3 aromatic rings. The van der Waals surface area contributed by atoms with Gasteiger partial charge in [-0.3, -0.25) is 9.59 Å². The standard InChI is InChI=1S/C25H25BrN2O3/c1-16(2)31-23-13-12-20(15-22(23)26)25(30)28-21-11-7-10-19(14-21)24(29)27-17(3)18-8-5-4-6-9-18/h4-17H,1-3H3,(H,27,29)(H,28,30). The number of amides is 2. The zero-order valence-electron chi connectivity index (χ0n) is 17.7. The first-order chi connectivity index (χ1) is 14.8. The lowest BCUT2D eigenvalue weighted by Crippen LogP contribution is -2.26. The Hall–Kier alpha value is -3.12. The van der Waals surface area contributed by atoms with Crippen molar-refractivity contribution in [3.8, 4) is 5.75 Å². The predicted molar refractivity (Wildman–Crippen MR) is 127 cm³/mol. The zero-order valence-corrected chi connectivity index (χ0v) is 19.3. The SMILES string of the molecule is CC(C)Oc1ccc(C(=O)Nc2cccc(C(=O)NC(C)c3ccccc3)c2)cc1Br. The Labute approximate surface area is 191 Å². The molecule has 0 aliphatic heterocycles. The van der Waals surface area contributed by atoms with E-state index in [4.69, 9.17) is 4.74 Å². The van der Waals surface area contributed by atoms with Crippen LogP contribution in [0.2, 0.25) is 0 Å². The van der Waals surface area contributed by atoms with E-state index in [1.54, 1.807) is 42.5 Å². The lowest BCUT2D eigenvalue weighted by Gasteiger charge is -2.15. The van der Waals surface area contributed by atoms with E-state index in [-0.39, 0.29) is 24.0 Å². The van der Waals surface area contributed by atoms with Crippen molar-refractivity contribution in [3.05, 3.63) is 94.0 Å². The topological polar surface area (TPSA) is 67.4 Å². The van der Waals surface area contributed by atoms with Crippen molar-refractivity contribution >= 4 is 33.4 Å². The minimum absolute atomic E-state index is 0.0365. The van der Waals surface area contributed by atoms with E-state index in [9.17, 15) is 9.59 Å². The van der Waals surface area contributed by atoms with Crippen molar-refractivity contribution in [3.63, 3.8) is 0 Å². The zero-order chi connectivity index (χ0) is 22.4. The van der Waals surface area contributed by atoms with Gasteiger partial charge in [-0.15, -0.1) is 0 Å². The fourth-order valence-corrected chi connectivity index (χ4v) is 3.51. The Kier molecular flexibility index (Phi) is 7.47. The molecule has 0 saturated heterocycles. The molecule has 0 fully saturated rings. The van der Waals surface area contributed by atoms with Crippen LogP contribution in [0.1, 0.15) is 53.1 Å². The van der Waals surface area contributed by atoms with Crippen LogP contribution in [0.25, 0.3) is 0 Å². The van der Waals surface area contributed by atoms with E-state index in [1.165, 1.54) is 0 Å². The molecule has 0 aliphatic carbocycles. The number of halogens is 1. The van der Waals surface area contributed by atoms with Gasteiger partial charge in [-0.25, -0.2) is 0 Å². The van der Waals surface area contributed by atoms with Crippen LogP contribution in [0, 0.1) is 0 Å². The Bertz CT molecular complexity index is 1070. The summed E-state index contributed by atoms with van der Waals surface area (Å²) >= 11 is 3.44. The van der Waals surface area contributed by atoms with Crippen molar-refractivity contribution in [2.45, 2.75) is 32.9 Å². The second-order valence-electron chi connectivity index (χ2n) is 7.45. The summed E-state index contributed by atoms with van der Waals surface area (Å²) in [7, 11) is 0. The van der Waals surface area contributed by atoms with Crippen LogP contribution in [0.15, 0.2) is 77.3 Å². The first-order valence-electron chi connectivity index (χ1n) is 10.1. The molecular formula is C25H25BrN2O3. The van der Waals surface area contributed by atoms with E-state index in [0.29, 0.717) is 27.0 Å². The van der Waals surface area contributed by atoms with E-state index in [2.05, 4.69) is 26.6 Å². The summed E-state index contributed by atoms with van der Waals surface area (Å²) in [5, 5.41) is 5.83. The van der Waals surface area contributed by atoms with Crippen LogP contribution in [0.5, 0.6) is 5.75 Å². The van der Waals surface area contributed by atoms with Gasteiger partial charge in [0, 0.05) is 16.8 Å². The van der Waals surface area contributed by atoms with Gasteiger partial charge < -0.3 is 15.4 Å². The normalized spacial score (nSPS) is 11.6. The summed E-state index contributed by atoms with van der Waals surface area (Å²) in [6, 6.07) is 21.7. The monoisotopic (exact) mass is 480 g/mol. The second-order valence-corrected chi connectivity index (χ2v) is 8.31. The summed E-state index contributed by atoms with van der Waals surface area (Å²) in [5.74, 6) is 0.204. The molecule has 5 nitrogen and oxygen atoms in total. The van der Waals surface area contributed by atoms with Crippen molar-refractivity contribution in [1.82, 2.24) is 5.32 Å². The predicted octanol–water partition coefficient (Wildman–Crippen LogP) is 5.98. The highest BCUT2D eigenvalue weighted by molar-refractivity contribution is 9.10. The fourth-order valence-electron chi connectivity index (χ4n) is 3.04. The molecule has 0 saturated carbocycles. The van der Waals surface area contributed by atoms with Crippen LogP contribution >= 0.6 is 15.9 Å². The van der Waals surface area contributed by atoms with Crippen LogP contribution in [0.4, 0.5) is 5.69 Å². The summed E-state index contributed by atoms with van der Waals surface area (Å²) in [6.45, 7) is 5.82. The van der Waals surface area contributed by atoms with Gasteiger partial charge in [0.05, 0.1) is 16.6 Å². The molecule has 3 rings (SSSR count). The molecule has 1 atom stereocenters. The summed E-state index contributed by atoms with van der Waals surface area (Å²) in [6.07, 6.45) is 0.0365. The molecule has 2 N–H and O–H groups in total. The maximum Gasteiger partial charge on any atom is 0.255 e. The van der Waals surface area contributed by atoms with Gasteiger partial charge in [-0.05, 0) is 78.7 Å². The van der Waals surface area contributed by atoms with E-state index in [0.717, 1.165) is 5.56 Å². The molecular weight excluding hydrogens is 456 g/mol. The van der Waals surface area contributed by atoms with Gasteiger partial charge in [-0.1, -0.05) is 36.4 Å². The lowest BCUT2D eigenvalue weighted by molar-refractivity contribution is 0.0938. The molecule has 3 aromatic carbocycles. The number of carbonyl (C=O) groups is 2. The van der Waals surface area contributed by atoms with Crippen LogP contribution < -0.4 is 15.4 Å². The maximum atomic E-state index is 12.7. The number of nitrogens with one attached hydrogen (secondary N) is 2. The smallest absolute Gasteiger partial charge is 0.255 e. The minimum atomic E-state index is -0.271. The molecule has 6 heteroatoms. The van der Waals surface area contributed by atoms with E-state index in [1.807, 2.05) is 51.1 Å². The Morgan fingerprint density at radius 2 is 1.55 bits per heavy atom. The summed E-state index contributed by atoms with van der Waals surface area (Å²) in [5.41, 5.74) is 2.53. The number of anilines is 1. The Morgan fingerprint density at radius 3 is 2.23 bits per heavy atom. The van der Waals surface area contributed by atoms with Crippen LogP contribution in [0.3, 0.4) is 0 Å². The number of ether oxygens (including phenoxy) is 1. The minimum Gasteiger partial charge on any atom is -0.490 e. The molecule has 0 radical (unpaired) electrons. The molecule has 0 bridgehead atoms. The molecule has 1 unspecified atom stereocenters. The van der Waals surface area contributed by atoms with Gasteiger partial charge >= 0.3 is 0 Å². The molecule has 31 heavy (non-hydrogen) atoms. The first kappa shape index (κ1) is 22.6. The number of rotatable bonds is 7. The molecule has 0 spiro atoms. The van der Waals surface area contributed by atoms with E-state index < -0.39 is 0 Å². The second kappa shape index (κ2) is 10.3. The fraction of sp³-hybridized carbons (Fsp3) is 0.200. The van der Waals surface area contributed by atoms with Gasteiger partial charge in [0.2, 0.25) is 0 Å². The van der Waals surface area contributed by atoms with Gasteiger partial charge in [0.1, 0.15) is 5.75 Å². The van der Waals surface area contributed by atoms with Crippen molar-refractivity contribution in [2.24, 2.45) is 0 Å². The third kappa shape index (κ3) is 6.18. The number of benzene rings is 3. The van der Waals surface area contributed by atoms with Crippen molar-refractivity contribution in [1.29, 1.82) is 0 Å². The highest BCUT2D eigenvalue weighted by atomic mass is 79.9.